The highest BCUT2D eigenvalue weighted by Gasteiger charge is 2.38. The first-order valence-corrected chi connectivity index (χ1v) is 7.88. The van der Waals surface area contributed by atoms with Crippen LogP contribution in [-0.4, -0.2) is 57.6 Å². The fourth-order valence-electron chi connectivity index (χ4n) is 2.66. The third-order valence-corrected chi connectivity index (χ3v) is 4.11. The van der Waals surface area contributed by atoms with Crippen LogP contribution in [0.3, 0.4) is 0 Å². The van der Waals surface area contributed by atoms with Crippen LogP contribution in [0.4, 0.5) is 19.0 Å². The number of nitrogens with zero attached hydrogens (tertiary/aromatic N) is 5. The second-order valence-electron chi connectivity index (χ2n) is 6.07. The predicted molar refractivity (Wildman–Crippen MR) is 78.9 cm³/mol. The van der Waals surface area contributed by atoms with E-state index in [1.54, 1.807) is 11.0 Å². The maximum Gasteiger partial charge on any atom is 0.453 e. The van der Waals surface area contributed by atoms with E-state index in [0.717, 1.165) is 12.8 Å². The lowest BCUT2D eigenvalue weighted by molar-refractivity contribution is -0.146. The molecular weight excluding hydrogens is 341 g/mol. The summed E-state index contributed by atoms with van der Waals surface area (Å²) in [7, 11) is 0. The van der Waals surface area contributed by atoms with Crippen molar-refractivity contribution in [3.63, 3.8) is 0 Å². The van der Waals surface area contributed by atoms with Crippen LogP contribution < -0.4 is 10.2 Å². The van der Waals surface area contributed by atoms with Crippen molar-refractivity contribution in [1.29, 1.82) is 0 Å². The van der Waals surface area contributed by atoms with Crippen molar-refractivity contribution in [2.45, 2.75) is 31.2 Å². The lowest BCUT2D eigenvalue weighted by Gasteiger charge is -2.32. The quantitative estimate of drug-likeness (QED) is 0.868. The van der Waals surface area contributed by atoms with E-state index in [0.29, 0.717) is 16.9 Å². The molecule has 1 atom stereocenters. The minimum atomic E-state index is -4.65. The highest BCUT2D eigenvalue weighted by Crippen LogP contribution is 2.28. The molecule has 1 saturated heterocycles. The summed E-state index contributed by atoms with van der Waals surface area (Å²) in [6.45, 7) is 0.937. The first-order chi connectivity index (χ1) is 11.9. The zero-order chi connectivity index (χ0) is 17.6. The normalized spacial score (nSPS) is 21.6. The number of morpholine rings is 1. The van der Waals surface area contributed by atoms with Gasteiger partial charge in [-0.2, -0.15) is 17.7 Å². The number of hydrogen-bond acceptors (Lipinski definition) is 6. The van der Waals surface area contributed by atoms with E-state index in [4.69, 9.17) is 4.74 Å². The summed E-state index contributed by atoms with van der Waals surface area (Å²) in [5, 5.41) is 13.5. The Bertz CT molecular complexity index is 803. The van der Waals surface area contributed by atoms with Gasteiger partial charge in [0.1, 0.15) is 5.82 Å². The van der Waals surface area contributed by atoms with Crippen molar-refractivity contribution in [1.82, 2.24) is 25.1 Å². The third kappa shape index (κ3) is 3.23. The minimum Gasteiger partial charge on any atom is -0.365 e. The molecule has 11 heteroatoms. The number of alkyl halides is 3. The molecule has 2 aromatic heterocycles. The van der Waals surface area contributed by atoms with Crippen LogP contribution in [0.15, 0.2) is 12.1 Å². The van der Waals surface area contributed by atoms with Crippen molar-refractivity contribution in [3.8, 4) is 0 Å². The zero-order valence-electron chi connectivity index (χ0n) is 13.0. The maximum absolute atomic E-state index is 13.0. The Morgan fingerprint density at radius 3 is 2.80 bits per heavy atom. The second kappa shape index (κ2) is 5.83. The van der Waals surface area contributed by atoms with Gasteiger partial charge >= 0.3 is 6.18 Å². The van der Waals surface area contributed by atoms with Gasteiger partial charge in [0.15, 0.2) is 11.8 Å². The number of rotatable bonds is 3. The molecule has 0 bridgehead atoms. The molecule has 1 aliphatic heterocycles. The molecule has 2 aliphatic rings. The number of nitrogens with one attached hydrogen (secondary N) is 1. The Labute approximate surface area is 139 Å². The molecule has 0 spiro atoms. The topological polar surface area (TPSA) is 84.7 Å². The Hall–Kier alpha value is -2.43. The third-order valence-electron chi connectivity index (χ3n) is 4.11. The molecule has 8 nitrogen and oxygen atoms in total. The summed E-state index contributed by atoms with van der Waals surface area (Å²) in [6, 6.07) is 3.19. The standard InChI is InChI=1S/C14H15F3N6O2/c15-14(16,17)13-20-19-10-3-4-11(21-23(10)13)22-5-6-25-9(7-22)12(24)18-8-1-2-8/h3-4,8-9H,1-2,5-7H2,(H,18,24). The molecule has 0 radical (unpaired) electrons. The Morgan fingerprint density at radius 1 is 1.28 bits per heavy atom. The van der Waals surface area contributed by atoms with E-state index in [-0.39, 0.29) is 30.7 Å². The van der Waals surface area contributed by atoms with Gasteiger partial charge in [-0.15, -0.1) is 15.3 Å². The zero-order valence-corrected chi connectivity index (χ0v) is 13.0. The summed E-state index contributed by atoms with van der Waals surface area (Å²) in [5.41, 5.74) is 0.00682. The van der Waals surface area contributed by atoms with Crippen LogP contribution in [0.25, 0.3) is 5.65 Å². The van der Waals surface area contributed by atoms with Gasteiger partial charge in [-0.3, -0.25) is 4.79 Å². The van der Waals surface area contributed by atoms with Crippen LogP contribution in [0.2, 0.25) is 0 Å². The van der Waals surface area contributed by atoms with Crippen LogP contribution in [-0.2, 0) is 15.7 Å². The number of ether oxygens (including phenoxy) is 1. The lowest BCUT2D eigenvalue weighted by atomic mass is 10.2. The monoisotopic (exact) mass is 356 g/mol. The average molecular weight is 356 g/mol. The Kier molecular flexibility index (Phi) is 3.74. The van der Waals surface area contributed by atoms with E-state index >= 15 is 0 Å². The van der Waals surface area contributed by atoms with Gasteiger partial charge in [0.25, 0.3) is 11.7 Å². The highest BCUT2D eigenvalue weighted by molar-refractivity contribution is 5.82. The fraction of sp³-hybridized carbons (Fsp3) is 0.571. The number of hydrogen-bond donors (Lipinski definition) is 1. The number of carbonyl (C=O) groups excluding carboxylic acids is 1. The van der Waals surface area contributed by atoms with Gasteiger partial charge in [0.05, 0.1) is 13.2 Å². The first kappa shape index (κ1) is 16.1. The Morgan fingerprint density at radius 2 is 2.08 bits per heavy atom. The first-order valence-electron chi connectivity index (χ1n) is 7.88. The van der Waals surface area contributed by atoms with Gasteiger partial charge in [-0.25, -0.2) is 0 Å². The summed E-state index contributed by atoms with van der Waals surface area (Å²) in [6.07, 6.45) is -3.39. The number of amides is 1. The molecule has 3 heterocycles. The largest absolute Gasteiger partial charge is 0.453 e. The van der Waals surface area contributed by atoms with E-state index in [1.807, 2.05) is 0 Å². The Balaban J connectivity index is 1.56. The maximum atomic E-state index is 13.0. The molecule has 1 amide bonds. The van der Waals surface area contributed by atoms with Crippen LogP contribution in [0, 0.1) is 0 Å². The second-order valence-corrected chi connectivity index (χ2v) is 6.07. The number of halogens is 3. The summed E-state index contributed by atoms with van der Waals surface area (Å²) >= 11 is 0. The molecule has 2 fully saturated rings. The average Bonchev–Trinajstić information content (AvgIpc) is 3.28. The molecule has 25 heavy (non-hydrogen) atoms. The fourth-order valence-corrected chi connectivity index (χ4v) is 2.66. The highest BCUT2D eigenvalue weighted by atomic mass is 19.4. The lowest BCUT2D eigenvalue weighted by Crippen LogP contribution is -2.50. The molecule has 1 aliphatic carbocycles. The van der Waals surface area contributed by atoms with Gasteiger partial charge in [0.2, 0.25) is 0 Å². The van der Waals surface area contributed by atoms with E-state index < -0.39 is 18.1 Å². The molecule has 0 aromatic carbocycles. The smallest absolute Gasteiger partial charge is 0.365 e. The molecule has 4 rings (SSSR count). The van der Waals surface area contributed by atoms with E-state index in [1.165, 1.54) is 6.07 Å². The van der Waals surface area contributed by atoms with Gasteiger partial charge in [-0.1, -0.05) is 0 Å². The van der Waals surface area contributed by atoms with E-state index in [9.17, 15) is 18.0 Å². The number of aromatic nitrogens is 4. The molecular formula is C14H15F3N6O2. The van der Waals surface area contributed by atoms with Gasteiger partial charge < -0.3 is 15.0 Å². The molecule has 1 unspecified atom stereocenters. The minimum absolute atomic E-state index is 0.00682. The van der Waals surface area contributed by atoms with Crippen molar-refractivity contribution < 1.29 is 22.7 Å². The predicted octanol–water partition coefficient (Wildman–Crippen LogP) is 0.627. The summed E-state index contributed by atoms with van der Waals surface area (Å²) in [5.74, 6) is -1.07. The molecule has 1 saturated carbocycles. The van der Waals surface area contributed by atoms with Crippen LogP contribution >= 0.6 is 0 Å². The molecule has 1 N–H and O–H groups in total. The van der Waals surface area contributed by atoms with Crippen molar-refractivity contribution >= 4 is 17.4 Å². The number of fused-ring (bicyclic) bond motifs is 1. The van der Waals surface area contributed by atoms with Crippen molar-refractivity contribution in [2.24, 2.45) is 0 Å². The van der Waals surface area contributed by atoms with Crippen molar-refractivity contribution in [3.05, 3.63) is 18.0 Å². The van der Waals surface area contributed by atoms with Crippen LogP contribution in [0.5, 0.6) is 0 Å². The number of carbonyl (C=O) groups is 1. The van der Waals surface area contributed by atoms with Gasteiger partial charge in [-0.05, 0) is 25.0 Å². The summed E-state index contributed by atoms with van der Waals surface area (Å²) in [4.78, 5) is 13.8. The van der Waals surface area contributed by atoms with E-state index in [2.05, 4.69) is 20.6 Å². The SMILES string of the molecule is O=C(NC1CC1)C1CN(c2ccc3nnc(C(F)(F)F)n3n2)CCO1. The summed E-state index contributed by atoms with van der Waals surface area (Å²) < 4.78 is 45.1. The molecule has 134 valence electrons. The molecule has 2 aromatic rings. The van der Waals surface area contributed by atoms with Gasteiger partial charge in [0, 0.05) is 12.6 Å². The van der Waals surface area contributed by atoms with Crippen LogP contribution in [0.1, 0.15) is 18.7 Å². The van der Waals surface area contributed by atoms with Crippen molar-refractivity contribution in [2.75, 3.05) is 24.6 Å². The number of anilines is 1.